The lowest BCUT2D eigenvalue weighted by Gasteiger charge is -2.14. The first-order chi connectivity index (χ1) is 21.7. The molecule has 0 spiro atoms. The van der Waals surface area contributed by atoms with Gasteiger partial charge >= 0.3 is 5.97 Å². The maximum absolute atomic E-state index is 12.0. The van der Waals surface area contributed by atoms with Crippen LogP contribution in [-0.4, -0.2) is 29.2 Å². The molecule has 0 radical (unpaired) electrons. The highest BCUT2D eigenvalue weighted by Crippen LogP contribution is 2.31. The van der Waals surface area contributed by atoms with Crippen LogP contribution in [0.15, 0.2) is 72.8 Å². The summed E-state index contributed by atoms with van der Waals surface area (Å²) in [6.07, 6.45) is 0.748. The smallest absolute Gasteiger partial charge is 0.306 e. The van der Waals surface area contributed by atoms with Gasteiger partial charge in [-0.1, -0.05) is 18.2 Å². The largest absolute Gasteiger partial charge is 0.497 e. The highest BCUT2D eigenvalue weighted by Gasteiger charge is 2.14. The van der Waals surface area contributed by atoms with Gasteiger partial charge in [0, 0.05) is 31.3 Å². The number of methoxy groups -OCH3 is 1. The number of nitrogen functional groups attached to an aromatic ring is 1. The Morgan fingerprint density at radius 3 is 2.27 bits per heavy atom. The molecule has 0 aliphatic rings. The van der Waals surface area contributed by atoms with Gasteiger partial charge < -0.3 is 34.0 Å². The lowest BCUT2D eigenvalue weighted by atomic mass is 10.1. The molecule has 0 atom stereocenters. The number of carbonyl (C=O) groups excluding carboxylic acids is 1. The number of fused-ring (bicyclic) bond motifs is 1. The van der Waals surface area contributed by atoms with Gasteiger partial charge in [0.1, 0.15) is 47.8 Å². The molecule has 0 aliphatic carbocycles. The minimum Gasteiger partial charge on any atom is -0.497 e. The Labute approximate surface area is 263 Å². The van der Waals surface area contributed by atoms with E-state index < -0.39 is 0 Å². The molecule has 2 N–H and O–H groups in total. The lowest BCUT2D eigenvalue weighted by molar-refractivity contribution is -0.143. The van der Waals surface area contributed by atoms with Gasteiger partial charge in [-0.2, -0.15) is 0 Å². The number of hydrogen-bond donors (Lipinski definition) is 1. The van der Waals surface area contributed by atoms with E-state index in [9.17, 15) is 4.79 Å². The van der Waals surface area contributed by atoms with Crippen molar-refractivity contribution >= 4 is 22.7 Å². The number of nitrogens with two attached hydrogens (primary N) is 1. The van der Waals surface area contributed by atoms with Crippen LogP contribution < -0.4 is 24.7 Å². The number of carbonyl (C=O) groups is 1. The summed E-state index contributed by atoms with van der Waals surface area (Å²) in [7, 11) is 3.59. The van der Waals surface area contributed by atoms with E-state index in [1.165, 1.54) is 0 Å². The van der Waals surface area contributed by atoms with Gasteiger partial charge in [0.05, 0.1) is 24.8 Å². The summed E-state index contributed by atoms with van der Waals surface area (Å²) < 4.78 is 30.9. The highest BCUT2D eigenvalue weighted by atomic mass is 16.5. The molecule has 5 aromatic rings. The highest BCUT2D eigenvalue weighted by molar-refractivity contribution is 5.78. The third kappa shape index (κ3) is 7.67. The number of aryl methyl sites for hydroxylation is 4. The minimum absolute atomic E-state index is 0.243. The number of ether oxygens (including phenoxy) is 5. The second-order valence-electron chi connectivity index (χ2n) is 10.8. The molecule has 0 amide bonds. The first-order valence-corrected chi connectivity index (χ1v) is 14.9. The quantitative estimate of drug-likeness (QED) is 0.110. The normalized spacial score (nSPS) is 11.0. The van der Waals surface area contributed by atoms with Crippen molar-refractivity contribution in [2.45, 2.75) is 46.8 Å². The summed E-state index contributed by atoms with van der Waals surface area (Å²) in [5.41, 5.74) is 12.5. The van der Waals surface area contributed by atoms with Crippen molar-refractivity contribution in [2.75, 3.05) is 19.5 Å². The van der Waals surface area contributed by atoms with Gasteiger partial charge in [-0.05, 0) is 91.9 Å². The predicted molar refractivity (Wildman–Crippen MR) is 174 cm³/mol. The summed E-state index contributed by atoms with van der Waals surface area (Å²) in [5.74, 6) is 4.01. The maximum atomic E-state index is 12.0. The van der Waals surface area contributed by atoms with Gasteiger partial charge in [0.2, 0.25) is 0 Å². The summed E-state index contributed by atoms with van der Waals surface area (Å²) in [4.78, 5) is 16.8. The molecule has 0 saturated heterocycles. The summed E-state index contributed by atoms with van der Waals surface area (Å²) in [6, 6.07) is 23.1. The molecule has 45 heavy (non-hydrogen) atoms. The summed E-state index contributed by atoms with van der Waals surface area (Å²) in [6.45, 7) is 6.69. The Bertz CT molecular complexity index is 1770. The Morgan fingerprint density at radius 2 is 1.56 bits per heavy atom. The van der Waals surface area contributed by atoms with Crippen molar-refractivity contribution < 1.29 is 28.5 Å². The van der Waals surface area contributed by atoms with Crippen molar-refractivity contribution in [3.8, 4) is 28.7 Å². The van der Waals surface area contributed by atoms with Crippen LogP contribution in [-0.2, 0) is 36.2 Å². The van der Waals surface area contributed by atoms with Crippen LogP contribution in [0.5, 0.6) is 28.7 Å². The zero-order valence-electron chi connectivity index (χ0n) is 26.4. The third-order valence-electron chi connectivity index (χ3n) is 7.61. The second-order valence-corrected chi connectivity index (χ2v) is 10.8. The first kappa shape index (κ1) is 31.3. The van der Waals surface area contributed by atoms with Crippen molar-refractivity contribution in [3.63, 3.8) is 0 Å². The molecule has 1 heterocycles. The number of benzene rings is 4. The molecule has 0 bridgehead atoms. The van der Waals surface area contributed by atoms with Gasteiger partial charge in [-0.25, -0.2) is 4.98 Å². The van der Waals surface area contributed by atoms with E-state index in [2.05, 4.69) is 0 Å². The molecule has 5 rings (SSSR count). The number of esters is 1. The van der Waals surface area contributed by atoms with Gasteiger partial charge in [-0.15, -0.1) is 0 Å². The van der Waals surface area contributed by atoms with Crippen LogP contribution in [0.1, 0.15) is 41.4 Å². The SMILES string of the molecule is CCOC(=O)CCc1ccc(OCc2nc3ccc(Oc4cc(C)c(N)c(C)c4)cc3n2C)cc1OCc1ccc(OC)cc1. The monoisotopic (exact) mass is 609 g/mol. The topological polar surface area (TPSA) is 107 Å². The number of aromatic nitrogens is 2. The molecular formula is C36H39N3O6. The van der Waals surface area contributed by atoms with E-state index in [4.69, 9.17) is 34.4 Å². The van der Waals surface area contributed by atoms with E-state index in [0.29, 0.717) is 36.9 Å². The van der Waals surface area contributed by atoms with Crippen LogP contribution in [0.4, 0.5) is 5.69 Å². The third-order valence-corrected chi connectivity index (χ3v) is 7.61. The fourth-order valence-electron chi connectivity index (χ4n) is 5.01. The van der Waals surface area contributed by atoms with Crippen LogP contribution in [0, 0.1) is 13.8 Å². The van der Waals surface area contributed by atoms with E-state index in [0.717, 1.165) is 56.3 Å². The molecule has 0 fully saturated rings. The van der Waals surface area contributed by atoms with E-state index >= 15 is 0 Å². The van der Waals surface area contributed by atoms with Crippen molar-refractivity contribution in [1.29, 1.82) is 0 Å². The minimum atomic E-state index is -0.243. The zero-order chi connectivity index (χ0) is 31.9. The fourth-order valence-corrected chi connectivity index (χ4v) is 5.01. The van der Waals surface area contributed by atoms with Gasteiger partial charge in [0.15, 0.2) is 0 Å². The molecule has 4 aromatic carbocycles. The number of anilines is 1. The Balaban J connectivity index is 1.31. The zero-order valence-corrected chi connectivity index (χ0v) is 26.4. The second kappa shape index (κ2) is 14.1. The molecule has 9 heteroatoms. The van der Waals surface area contributed by atoms with Crippen molar-refractivity contribution in [3.05, 3.63) is 101 Å². The van der Waals surface area contributed by atoms with Crippen LogP contribution in [0.3, 0.4) is 0 Å². The Kier molecular flexibility index (Phi) is 9.77. The predicted octanol–water partition coefficient (Wildman–Crippen LogP) is 7.23. The van der Waals surface area contributed by atoms with E-state index in [-0.39, 0.29) is 19.0 Å². The number of nitrogens with zero attached hydrogens (tertiary/aromatic N) is 2. The number of rotatable bonds is 13. The fraction of sp³-hybridized carbons (Fsp3) is 0.278. The van der Waals surface area contributed by atoms with Crippen molar-refractivity contribution in [1.82, 2.24) is 9.55 Å². The van der Waals surface area contributed by atoms with Crippen LogP contribution >= 0.6 is 0 Å². The average Bonchev–Trinajstić information content (AvgIpc) is 3.35. The van der Waals surface area contributed by atoms with E-state index in [1.807, 2.05) is 98.3 Å². The molecule has 1 aromatic heterocycles. The maximum Gasteiger partial charge on any atom is 0.306 e. The Morgan fingerprint density at radius 1 is 0.844 bits per heavy atom. The average molecular weight is 610 g/mol. The number of imidazole rings is 1. The molecule has 0 unspecified atom stereocenters. The summed E-state index contributed by atoms with van der Waals surface area (Å²) >= 11 is 0. The number of hydrogen-bond acceptors (Lipinski definition) is 8. The first-order valence-electron chi connectivity index (χ1n) is 14.9. The molecule has 0 aliphatic heterocycles. The lowest BCUT2D eigenvalue weighted by Crippen LogP contribution is -2.07. The van der Waals surface area contributed by atoms with Gasteiger partial charge in [0.25, 0.3) is 0 Å². The van der Waals surface area contributed by atoms with Crippen LogP contribution in [0.25, 0.3) is 11.0 Å². The Hall–Kier alpha value is -5.18. The molecule has 234 valence electrons. The molecule has 0 saturated carbocycles. The molecular weight excluding hydrogens is 570 g/mol. The van der Waals surface area contributed by atoms with Crippen LogP contribution in [0.2, 0.25) is 0 Å². The van der Waals surface area contributed by atoms with Crippen molar-refractivity contribution in [2.24, 2.45) is 7.05 Å². The summed E-state index contributed by atoms with van der Waals surface area (Å²) in [5, 5.41) is 0. The standard InChI is InChI=1S/C36H39N3O6/c1-6-42-35(40)16-10-26-9-13-28(20-33(26)44-21-25-7-11-27(41-5)12-8-25)43-22-34-38-31-15-14-29(19-32(31)39(34)4)45-30-17-23(2)36(37)24(3)18-30/h7-9,11-15,17-20H,6,10,16,21-22,37H2,1-5H3. The van der Waals surface area contributed by atoms with Gasteiger partial charge in [-0.3, -0.25) is 4.79 Å². The van der Waals surface area contributed by atoms with E-state index in [1.54, 1.807) is 14.0 Å². The molecule has 9 nitrogen and oxygen atoms in total.